The standard InChI is InChI=1S/C42H71O8P/c1-3-5-7-9-11-13-15-17-19-20-21-22-23-25-26-28-30-32-34-36-41(43)48-38-40(39-49-51(45,46)47)50-42(44)37-35-33-31-29-27-24-18-16-14-12-10-8-6-4-2/h10-13,16-19,21-22,25-26,40H,3-9,14-15,20,23-24,27-39H2,1-2H3,(H2,45,46,47)/b12-10+,13-11+,18-16+,19-17+,22-21+,26-25+/t40-/m1/s1. The van der Waals surface area contributed by atoms with Gasteiger partial charge in [0, 0.05) is 12.8 Å². The zero-order valence-electron chi connectivity index (χ0n) is 32.0. The van der Waals surface area contributed by atoms with E-state index in [9.17, 15) is 14.2 Å². The van der Waals surface area contributed by atoms with E-state index in [-0.39, 0.29) is 19.4 Å². The van der Waals surface area contributed by atoms with E-state index in [4.69, 9.17) is 19.3 Å². The van der Waals surface area contributed by atoms with Gasteiger partial charge in [-0.2, -0.15) is 0 Å². The molecule has 0 heterocycles. The Hall–Kier alpha value is -2.51. The maximum atomic E-state index is 12.4. The number of allylic oxidation sites excluding steroid dienone is 12. The highest BCUT2D eigenvalue weighted by atomic mass is 31.2. The Balaban J connectivity index is 4.05. The molecule has 292 valence electrons. The molecular formula is C42H71O8P. The summed E-state index contributed by atoms with van der Waals surface area (Å²) in [6, 6.07) is 0. The largest absolute Gasteiger partial charge is 0.469 e. The van der Waals surface area contributed by atoms with E-state index in [0.717, 1.165) is 83.5 Å². The molecule has 0 bridgehead atoms. The molecule has 8 nitrogen and oxygen atoms in total. The fraction of sp³-hybridized carbons (Fsp3) is 0.667. The van der Waals surface area contributed by atoms with Gasteiger partial charge in [-0.25, -0.2) is 4.57 Å². The van der Waals surface area contributed by atoms with Gasteiger partial charge in [0.15, 0.2) is 6.10 Å². The van der Waals surface area contributed by atoms with Crippen LogP contribution in [-0.2, 0) is 28.2 Å². The molecule has 0 fully saturated rings. The lowest BCUT2D eigenvalue weighted by atomic mass is 10.1. The molecule has 0 aliphatic carbocycles. The van der Waals surface area contributed by atoms with Gasteiger partial charge in [0.2, 0.25) is 0 Å². The number of rotatable bonds is 35. The molecule has 0 aromatic heterocycles. The molecule has 0 saturated heterocycles. The zero-order chi connectivity index (χ0) is 37.5. The SMILES string of the molecule is CCCC/C=C/C/C=C/CCCCCCCC(=O)O[C@H](COC(=O)CCCCC/C=C/C/C=C/C/C=C/C/C=C/CCCCC)COP(=O)(O)O. The summed E-state index contributed by atoms with van der Waals surface area (Å²) in [6.45, 7) is 3.56. The van der Waals surface area contributed by atoms with Crippen molar-refractivity contribution < 1.29 is 37.9 Å². The van der Waals surface area contributed by atoms with Crippen molar-refractivity contribution in [1.29, 1.82) is 0 Å². The predicted octanol–water partition coefficient (Wildman–Crippen LogP) is 11.9. The third-order valence-corrected chi connectivity index (χ3v) is 8.43. The van der Waals surface area contributed by atoms with E-state index in [1.807, 2.05) is 0 Å². The summed E-state index contributed by atoms with van der Waals surface area (Å²) >= 11 is 0. The number of hydrogen-bond donors (Lipinski definition) is 2. The minimum Gasteiger partial charge on any atom is -0.462 e. The van der Waals surface area contributed by atoms with Crippen molar-refractivity contribution in [2.75, 3.05) is 13.2 Å². The highest BCUT2D eigenvalue weighted by Crippen LogP contribution is 2.36. The van der Waals surface area contributed by atoms with E-state index >= 15 is 0 Å². The van der Waals surface area contributed by atoms with Crippen molar-refractivity contribution in [3.63, 3.8) is 0 Å². The average molecular weight is 735 g/mol. The molecular weight excluding hydrogens is 663 g/mol. The van der Waals surface area contributed by atoms with Crippen molar-refractivity contribution >= 4 is 19.8 Å². The first-order valence-electron chi connectivity index (χ1n) is 19.7. The van der Waals surface area contributed by atoms with E-state index in [1.54, 1.807) is 0 Å². The third kappa shape index (κ3) is 40.1. The Morgan fingerprint density at radius 2 is 0.902 bits per heavy atom. The van der Waals surface area contributed by atoms with Gasteiger partial charge in [-0.1, -0.05) is 138 Å². The van der Waals surface area contributed by atoms with Crippen LogP contribution in [0.2, 0.25) is 0 Å². The second-order valence-electron chi connectivity index (χ2n) is 12.9. The van der Waals surface area contributed by atoms with Gasteiger partial charge < -0.3 is 19.3 Å². The highest BCUT2D eigenvalue weighted by Gasteiger charge is 2.22. The van der Waals surface area contributed by atoms with Crippen LogP contribution in [0.1, 0.15) is 162 Å². The Labute approximate surface area is 310 Å². The summed E-state index contributed by atoms with van der Waals surface area (Å²) in [7, 11) is -4.77. The van der Waals surface area contributed by atoms with Crippen molar-refractivity contribution in [2.45, 2.75) is 168 Å². The minimum absolute atomic E-state index is 0.185. The van der Waals surface area contributed by atoms with Gasteiger partial charge in [0.05, 0.1) is 6.61 Å². The smallest absolute Gasteiger partial charge is 0.462 e. The first-order valence-corrected chi connectivity index (χ1v) is 21.3. The monoisotopic (exact) mass is 734 g/mol. The first kappa shape index (κ1) is 48.5. The molecule has 0 aliphatic rings. The topological polar surface area (TPSA) is 119 Å². The first-order chi connectivity index (χ1) is 24.8. The van der Waals surface area contributed by atoms with Gasteiger partial charge in [0.25, 0.3) is 0 Å². The predicted molar refractivity (Wildman–Crippen MR) is 211 cm³/mol. The Kier molecular flexibility index (Phi) is 35.4. The molecule has 0 aliphatic heterocycles. The Morgan fingerprint density at radius 3 is 1.39 bits per heavy atom. The van der Waals surface area contributed by atoms with Crippen LogP contribution >= 0.6 is 7.82 Å². The summed E-state index contributed by atoms with van der Waals surface area (Å²) in [6.07, 6.45) is 47.6. The lowest BCUT2D eigenvalue weighted by Crippen LogP contribution is -2.29. The number of carbonyl (C=O) groups is 2. The lowest BCUT2D eigenvalue weighted by Gasteiger charge is -2.18. The molecule has 0 spiro atoms. The van der Waals surface area contributed by atoms with Crippen LogP contribution in [0, 0.1) is 0 Å². The maximum absolute atomic E-state index is 12.4. The molecule has 0 saturated carbocycles. The Morgan fingerprint density at radius 1 is 0.510 bits per heavy atom. The summed E-state index contributed by atoms with van der Waals surface area (Å²) in [5.74, 6) is -0.944. The van der Waals surface area contributed by atoms with Crippen LogP contribution in [0.25, 0.3) is 0 Å². The van der Waals surface area contributed by atoms with Gasteiger partial charge >= 0.3 is 19.8 Å². The number of esters is 2. The van der Waals surface area contributed by atoms with Crippen LogP contribution in [0.4, 0.5) is 0 Å². The number of unbranched alkanes of at least 4 members (excludes halogenated alkanes) is 13. The zero-order valence-corrected chi connectivity index (χ0v) is 32.9. The third-order valence-electron chi connectivity index (χ3n) is 7.95. The van der Waals surface area contributed by atoms with Crippen LogP contribution in [0.3, 0.4) is 0 Å². The molecule has 1 atom stereocenters. The fourth-order valence-electron chi connectivity index (χ4n) is 4.96. The summed E-state index contributed by atoms with van der Waals surface area (Å²) in [4.78, 5) is 42.7. The van der Waals surface area contributed by atoms with Gasteiger partial charge in [-0.3, -0.25) is 14.1 Å². The van der Waals surface area contributed by atoms with E-state index < -0.39 is 32.5 Å². The summed E-state index contributed by atoms with van der Waals surface area (Å²) in [5.41, 5.74) is 0. The number of ether oxygens (including phenoxy) is 2. The molecule has 9 heteroatoms. The quantitative estimate of drug-likeness (QED) is 0.0286. The van der Waals surface area contributed by atoms with Crippen LogP contribution in [-0.4, -0.2) is 41.0 Å². The van der Waals surface area contributed by atoms with E-state index in [2.05, 4.69) is 91.3 Å². The molecule has 2 N–H and O–H groups in total. The normalized spacial score (nSPS) is 13.3. The van der Waals surface area contributed by atoms with E-state index in [0.29, 0.717) is 12.8 Å². The fourth-order valence-corrected chi connectivity index (χ4v) is 5.32. The van der Waals surface area contributed by atoms with Crippen molar-refractivity contribution in [3.8, 4) is 0 Å². The minimum atomic E-state index is -4.77. The molecule has 51 heavy (non-hydrogen) atoms. The number of hydrogen-bond acceptors (Lipinski definition) is 6. The van der Waals surface area contributed by atoms with Gasteiger partial charge in [-0.05, 0) is 83.5 Å². The molecule has 0 aromatic carbocycles. The number of phosphoric ester groups is 1. The average Bonchev–Trinajstić information content (AvgIpc) is 3.10. The van der Waals surface area contributed by atoms with Crippen LogP contribution < -0.4 is 0 Å². The molecule has 0 aromatic rings. The van der Waals surface area contributed by atoms with Gasteiger partial charge in [-0.15, -0.1) is 0 Å². The van der Waals surface area contributed by atoms with Crippen LogP contribution in [0.15, 0.2) is 72.9 Å². The molecule has 0 unspecified atom stereocenters. The van der Waals surface area contributed by atoms with Crippen molar-refractivity contribution in [3.05, 3.63) is 72.9 Å². The van der Waals surface area contributed by atoms with Crippen molar-refractivity contribution in [1.82, 2.24) is 0 Å². The Bertz CT molecular complexity index is 1050. The number of carbonyl (C=O) groups excluding carboxylic acids is 2. The maximum Gasteiger partial charge on any atom is 0.469 e. The molecule has 0 rings (SSSR count). The van der Waals surface area contributed by atoms with Crippen LogP contribution in [0.5, 0.6) is 0 Å². The second kappa shape index (κ2) is 37.3. The number of phosphoric acid groups is 1. The van der Waals surface area contributed by atoms with Gasteiger partial charge in [0.1, 0.15) is 6.61 Å². The van der Waals surface area contributed by atoms with E-state index in [1.165, 1.54) is 38.5 Å². The molecule has 0 amide bonds. The highest BCUT2D eigenvalue weighted by molar-refractivity contribution is 7.46. The molecule has 0 radical (unpaired) electrons. The summed E-state index contributed by atoms with van der Waals surface area (Å²) < 4.78 is 26.3. The lowest BCUT2D eigenvalue weighted by molar-refractivity contribution is -0.161. The second-order valence-corrected chi connectivity index (χ2v) is 14.1. The van der Waals surface area contributed by atoms with Crippen molar-refractivity contribution in [2.24, 2.45) is 0 Å². The summed E-state index contributed by atoms with van der Waals surface area (Å²) in [5, 5.41) is 0.